The van der Waals surface area contributed by atoms with E-state index in [-0.39, 0.29) is 0 Å². The van der Waals surface area contributed by atoms with E-state index in [0.717, 1.165) is 48.5 Å². The molecule has 2 heterocycles. The summed E-state index contributed by atoms with van der Waals surface area (Å²) in [6, 6.07) is -1.60. The quantitative estimate of drug-likeness (QED) is 0.0870. The molecule has 0 aromatic heterocycles. The summed E-state index contributed by atoms with van der Waals surface area (Å²) < 4.78 is 54.7. The van der Waals surface area contributed by atoms with Gasteiger partial charge in [0.05, 0.1) is 0 Å². The van der Waals surface area contributed by atoms with E-state index in [1.165, 1.54) is 0 Å². The molecule has 10 unspecified atom stereocenters. The Hall–Kier alpha value is -4.52. The molecular weight excluding hydrogens is 626 g/mol. The number of carbonyl (C=O) groups excluding carboxylic acids is 7. The van der Waals surface area contributed by atoms with Crippen molar-refractivity contribution in [2.24, 2.45) is 5.11 Å². The van der Waals surface area contributed by atoms with Crippen LogP contribution in [-0.4, -0.2) is 116 Å². The second kappa shape index (κ2) is 17.2. The Morgan fingerprint density at radius 2 is 0.957 bits per heavy atom. The lowest BCUT2D eigenvalue weighted by Crippen LogP contribution is -2.66. The molecule has 0 radical (unpaired) electrons. The van der Waals surface area contributed by atoms with Crippen LogP contribution in [-0.2, 0) is 80.9 Å². The Kier molecular flexibility index (Phi) is 14.1. The zero-order valence-corrected chi connectivity index (χ0v) is 26.0. The molecule has 256 valence electrons. The molecule has 0 amide bonds. The summed E-state index contributed by atoms with van der Waals surface area (Å²) >= 11 is 0. The Morgan fingerprint density at radius 1 is 0.543 bits per heavy atom. The molecule has 0 N–H and O–H groups in total. The molecule has 2 aliphatic rings. The van der Waals surface area contributed by atoms with Gasteiger partial charge in [0.15, 0.2) is 24.6 Å². The fourth-order valence-corrected chi connectivity index (χ4v) is 4.61. The molecule has 2 rings (SSSR count). The van der Waals surface area contributed by atoms with Gasteiger partial charge in [-0.15, -0.1) is 0 Å². The second-order valence-electron chi connectivity index (χ2n) is 9.89. The Bertz CT molecular complexity index is 1220. The van der Waals surface area contributed by atoms with Crippen molar-refractivity contribution in [1.29, 1.82) is 0 Å². The van der Waals surface area contributed by atoms with Crippen molar-refractivity contribution in [3.8, 4) is 0 Å². The highest BCUT2D eigenvalue weighted by molar-refractivity contribution is 5.69. The van der Waals surface area contributed by atoms with Crippen molar-refractivity contribution in [3.63, 3.8) is 0 Å². The van der Waals surface area contributed by atoms with E-state index in [1.807, 2.05) is 0 Å². The van der Waals surface area contributed by atoms with Crippen LogP contribution in [0, 0.1) is 0 Å². The zero-order chi connectivity index (χ0) is 34.7. The maximum atomic E-state index is 12.2. The molecule has 20 nitrogen and oxygen atoms in total. The van der Waals surface area contributed by atoms with Crippen molar-refractivity contribution in [2.45, 2.75) is 110 Å². The Balaban J connectivity index is 2.72. The van der Waals surface area contributed by atoms with Gasteiger partial charge in [0.2, 0.25) is 6.29 Å². The van der Waals surface area contributed by atoms with Gasteiger partial charge in [-0.05, 0) is 5.53 Å². The topological polar surface area (TPSA) is 261 Å². The van der Waals surface area contributed by atoms with E-state index in [9.17, 15) is 39.1 Å². The maximum Gasteiger partial charge on any atom is 0.304 e. The Morgan fingerprint density at radius 3 is 1.41 bits per heavy atom. The van der Waals surface area contributed by atoms with E-state index in [0.29, 0.717) is 0 Å². The van der Waals surface area contributed by atoms with Gasteiger partial charge < -0.3 is 47.4 Å². The zero-order valence-electron chi connectivity index (χ0n) is 26.0. The first-order chi connectivity index (χ1) is 21.5. The third-order valence-electron chi connectivity index (χ3n) is 6.07. The first kappa shape index (κ1) is 37.7. The first-order valence-corrected chi connectivity index (χ1v) is 13.7. The standard InChI is InChI=1S/C26H35N3O17/c1-10(30)37-8-17-20(22(40-13(4)33)19(28-29-27)25(44-17)43-16(7)36)46-26-24(42-15(6)35)23(41-14(5)34)21(39-12(3)32)18(45-26)9-38-11(2)31/h17-26H,8-9H2,1-7H3. The minimum atomic E-state index is -1.82. The third kappa shape index (κ3) is 11.1. The molecular formula is C26H35N3O17. The van der Waals surface area contributed by atoms with Crippen LogP contribution in [0.5, 0.6) is 0 Å². The lowest BCUT2D eigenvalue weighted by molar-refractivity contribution is -0.347. The molecule has 0 spiro atoms. The summed E-state index contributed by atoms with van der Waals surface area (Å²) in [6.07, 6.45) is -14.5. The summed E-state index contributed by atoms with van der Waals surface area (Å²) in [5.41, 5.74) is 9.27. The Labute approximate surface area is 261 Å². The molecule has 0 aromatic rings. The van der Waals surface area contributed by atoms with Crippen LogP contribution in [0.1, 0.15) is 48.5 Å². The predicted octanol–water partition coefficient (Wildman–Crippen LogP) is -0.0836. The van der Waals surface area contributed by atoms with Gasteiger partial charge in [0.1, 0.15) is 43.7 Å². The van der Waals surface area contributed by atoms with Crippen molar-refractivity contribution < 1.29 is 80.9 Å². The van der Waals surface area contributed by atoms with Crippen LogP contribution in [0.15, 0.2) is 5.11 Å². The molecule has 46 heavy (non-hydrogen) atoms. The molecule has 2 saturated heterocycles. The van der Waals surface area contributed by atoms with Gasteiger partial charge in [0, 0.05) is 53.4 Å². The number of hydrogen-bond donors (Lipinski definition) is 0. The normalized spacial score (nSPS) is 30.3. The van der Waals surface area contributed by atoms with Crippen LogP contribution in [0.3, 0.4) is 0 Å². The van der Waals surface area contributed by atoms with Crippen LogP contribution in [0.4, 0.5) is 0 Å². The summed E-state index contributed by atoms with van der Waals surface area (Å²) in [5, 5.41) is 3.56. The fraction of sp³-hybridized carbons (Fsp3) is 0.731. The number of azide groups is 1. The van der Waals surface area contributed by atoms with Gasteiger partial charge >= 0.3 is 41.8 Å². The average Bonchev–Trinajstić information content (AvgIpc) is 2.91. The van der Waals surface area contributed by atoms with Gasteiger partial charge in [-0.2, -0.15) is 0 Å². The molecule has 10 atom stereocenters. The first-order valence-electron chi connectivity index (χ1n) is 13.7. The predicted molar refractivity (Wildman–Crippen MR) is 142 cm³/mol. The van der Waals surface area contributed by atoms with E-state index >= 15 is 0 Å². The highest BCUT2D eigenvalue weighted by Gasteiger charge is 2.57. The van der Waals surface area contributed by atoms with Crippen molar-refractivity contribution in [2.75, 3.05) is 13.2 Å². The van der Waals surface area contributed by atoms with Crippen LogP contribution in [0.25, 0.3) is 10.4 Å². The van der Waals surface area contributed by atoms with Crippen molar-refractivity contribution in [1.82, 2.24) is 0 Å². The summed E-state index contributed by atoms with van der Waals surface area (Å²) in [5.74, 6) is -6.06. The number of hydrogen-bond acceptors (Lipinski definition) is 18. The fourth-order valence-electron chi connectivity index (χ4n) is 4.61. The van der Waals surface area contributed by atoms with E-state index in [1.54, 1.807) is 0 Å². The smallest absolute Gasteiger partial charge is 0.304 e. The maximum absolute atomic E-state index is 12.2. The lowest BCUT2D eigenvalue weighted by Gasteiger charge is -2.48. The van der Waals surface area contributed by atoms with Crippen molar-refractivity contribution >= 4 is 41.8 Å². The number of ether oxygens (including phenoxy) is 10. The van der Waals surface area contributed by atoms with Gasteiger partial charge in [-0.25, -0.2) is 0 Å². The summed E-state index contributed by atoms with van der Waals surface area (Å²) in [7, 11) is 0. The molecule has 0 aromatic carbocycles. The van der Waals surface area contributed by atoms with E-state index < -0.39 is 116 Å². The van der Waals surface area contributed by atoms with Crippen LogP contribution >= 0.6 is 0 Å². The molecule has 0 aliphatic carbocycles. The van der Waals surface area contributed by atoms with Gasteiger partial charge in [-0.3, -0.25) is 33.6 Å². The van der Waals surface area contributed by atoms with Crippen LogP contribution < -0.4 is 0 Å². The minimum Gasteiger partial charge on any atom is -0.463 e. The molecule has 0 saturated carbocycles. The second-order valence-corrected chi connectivity index (χ2v) is 9.89. The van der Waals surface area contributed by atoms with Gasteiger partial charge in [0.25, 0.3) is 0 Å². The lowest BCUT2D eigenvalue weighted by atomic mass is 9.95. The van der Waals surface area contributed by atoms with Crippen molar-refractivity contribution in [3.05, 3.63) is 10.4 Å². The highest BCUT2D eigenvalue weighted by Crippen LogP contribution is 2.35. The largest absolute Gasteiger partial charge is 0.463 e. The average molecular weight is 662 g/mol. The molecule has 2 aliphatic heterocycles. The molecule has 20 heteroatoms. The number of esters is 7. The summed E-state index contributed by atoms with van der Waals surface area (Å²) in [4.78, 5) is 86.6. The number of carbonyl (C=O) groups is 7. The van der Waals surface area contributed by atoms with E-state index in [2.05, 4.69) is 10.0 Å². The number of rotatable bonds is 12. The van der Waals surface area contributed by atoms with E-state index in [4.69, 9.17) is 47.4 Å². The highest BCUT2D eigenvalue weighted by atomic mass is 16.8. The molecule has 2 fully saturated rings. The molecule has 0 bridgehead atoms. The monoisotopic (exact) mass is 661 g/mol. The third-order valence-corrected chi connectivity index (χ3v) is 6.07. The van der Waals surface area contributed by atoms with Gasteiger partial charge in [-0.1, -0.05) is 5.11 Å². The SMILES string of the molecule is CC(=O)OCC1OC(OC(C)=O)C(N=[N+]=[N-])C(OC(C)=O)C1OC1OC(COC(C)=O)C(OC(C)=O)C(OC(C)=O)C1OC(C)=O. The number of nitrogens with zero attached hydrogens (tertiary/aromatic N) is 3. The minimum absolute atomic E-state index is 0.584. The summed E-state index contributed by atoms with van der Waals surface area (Å²) in [6.45, 7) is 6.06. The van der Waals surface area contributed by atoms with Crippen LogP contribution in [0.2, 0.25) is 0 Å².